The minimum Gasteiger partial charge on any atom is -0.486 e. The molecule has 0 bridgehead atoms. The maximum atomic E-state index is 6.30. The van der Waals surface area contributed by atoms with Gasteiger partial charge in [-0.25, -0.2) is 9.97 Å². The molecule has 2 aromatic carbocycles. The third-order valence-corrected chi connectivity index (χ3v) is 4.91. The molecule has 0 spiro atoms. The van der Waals surface area contributed by atoms with Crippen molar-refractivity contribution < 1.29 is 4.74 Å². The quantitative estimate of drug-likeness (QED) is 0.671. The van der Waals surface area contributed by atoms with Crippen molar-refractivity contribution in [3.8, 4) is 16.9 Å². The number of aromatic nitrogens is 2. The van der Waals surface area contributed by atoms with Crippen LogP contribution in [-0.2, 0) is 6.54 Å². The Morgan fingerprint density at radius 1 is 1.08 bits per heavy atom. The van der Waals surface area contributed by atoms with Crippen LogP contribution in [0.3, 0.4) is 0 Å². The van der Waals surface area contributed by atoms with Gasteiger partial charge in [-0.3, -0.25) is 0 Å². The molecule has 0 radical (unpaired) electrons. The Morgan fingerprint density at radius 2 is 1.92 bits per heavy atom. The van der Waals surface area contributed by atoms with Gasteiger partial charge in [0.15, 0.2) is 0 Å². The lowest BCUT2D eigenvalue weighted by atomic mass is 9.97. The summed E-state index contributed by atoms with van der Waals surface area (Å²) in [6.07, 6.45) is 6.18. The molecule has 1 aliphatic heterocycles. The molecular weight excluding hydrogens is 346 g/mol. The van der Waals surface area contributed by atoms with Gasteiger partial charge < -0.3 is 9.64 Å². The summed E-state index contributed by atoms with van der Waals surface area (Å²) in [6.45, 7) is 1.87. The smallest absolute Gasteiger partial charge is 0.125 e. The SMILES string of the molecule is CN1CCC(Oc2cccc(Cl)c2)c2ccc(-c3cncnc3)cc2C1. The van der Waals surface area contributed by atoms with E-state index in [1.54, 1.807) is 6.33 Å². The van der Waals surface area contributed by atoms with Crippen LogP contribution in [0.15, 0.2) is 61.2 Å². The Balaban J connectivity index is 1.69. The van der Waals surface area contributed by atoms with Crippen LogP contribution in [0.4, 0.5) is 0 Å². The van der Waals surface area contributed by atoms with Crippen LogP contribution in [0.2, 0.25) is 5.02 Å². The zero-order chi connectivity index (χ0) is 17.9. The van der Waals surface area contributed by atoms with E-state index in [-0.39, 0.29) is 6.10 Å². The first kappa shape index (κ1) is 17.0. The third kappa shape index (κ3) is 3.71. The molecule has 1 atom stereocenters. The van der Waals surface area contributed by atoms with E-state index >= 15 is 0 Å². The van der Waals surface area contributed by atoms with Crippen molar-refractivity contribution in [2.45, 2.75) is 19.1 Å². The van der Waals surface area contributed by atoms with Crippen molar-refractivity contribution in [3.63, 3.8) is 0 Å². The van der Waals surface area contributed by atoms with Crippen molar-refractivity contribution in [1.29, 1.82) is 0 Å². The van der Waals surface area contributed by atoms with E-state index in [1.165, 1.54) is 11.1 Å². The summed E-state index contributed by atoms with van der Waals surface area (Å²) >= 11 is 6.11. The molecule has 3 aromatic rings. The average Bonchev–Trinajstić information content (AvgIpc) is 2.81. The summed E-state index contributed by atoms with van der Waals surface area (Å²) < 4.78 is 6.30. The minimum atomic E-state index is 0.00879. The highest BCUT2D eigenvalue weighted by molar-refractivity contribution is 6.30. The molecule has 0 aliphatic carbocycles. The van der Waals surface area contributed by atoms with Gasteiger partial charge in [0.25, 0.3) is 0 Å². The number of ether oxygens (including phenoxy) is 1. The van der Waals surface area contributed by atoms with Crippen LogP contribution in [0.1, 0.15) is 23.7 Å². The first-order chi connectivity index (χ1) is 12.7. The summed E-state index contributed by atoms with van der Waals surface area (Å²) in [6, 6.07) is 14.1. The maximum Gasteiger partial charge on any atom is 0.125 e. The summed E-state index contributed by atoms with van der Waals surface area (Å²) in [5.41, 5.74) is 4.66. The second-order valence-corrected chi connectivity index (χ2v) is 7.07. The van der Waals surface area contributed by atoms with Crippen LogP contribution in [0.25, 0.3) is 11.1 Å². The number of nitrogens with zero attached hydrogens (tertiary/aromatic N) is 3. The van der Waals surface area contributed by atoms with Gasteiger partial charge in [0, 0.05) is 42.5 Å². The third-order valence-electron chi connectivity index (χ3n) is 4.67. The lowest BCUT2D eigenvalue weighted by Crippen LogP contribution is -2.18. The van der Waals surface area contributed by atoms with Crippen molar-refractivity contribution in [2.24, 2.45) is 0 Å². The van der Waals surface area contributed by atoms with Gasteiger partial charge in [-0.2, -0.15) is 0 Å². The Bertz CT molecular complexity index is 901. The van der Waals surface area contributed by atoms with E-state index in [0.717, 1.165) is 36.4 Å². The molecule has 1 unspecified atom stereocenters. The molecule has 26 heavy (non-hydrogen) atoms. The Kier molecular flexibility index (Phi) is 4.87. The van der Waals surface area contributed by atoms with Crippen LogP contribution in [-0.4, -0.2) is 28.5 Å². The van der Waals surface area contributed by atoms with E-state index in [4.69, 9.17) is 16.3 Å². The van der Waals surface area contributed by atoms with Gasteiger partial charge in [-0.05, 0) is 48.0 Å². The van der Waals surface area contributed by atoms with E-state index in [1.807, 2.05) is 36.7 Å². The van der Waals surface area contributed by atoms with Gasteiger partial charge in [0.05, 0.1) is 0 Å². The number of hydrogen-bond acceptors (Lipinski definition) is 4. The Hall–Kier alpha value is -2.43. The van der Waals surface area contributed by atoms with E-state index in [9.17, 15) is 0 Å². The monoisotopic (exact) mass is 365 g/mol. The summed E-state index contributed by atoms with van der Waals surface area (Å²) in [5.74, 6) is 0.804. The zero-order valence-corrected chi connectivity index (χ0v) is 15.4. The molecule has 0 fully saturated rings. The molecular formula is C21H20ClN3O. The molecule has 0 N–H and O–H groups in total. The fourth-order valence-corrected chi connectivity index (χ4v) is 3.55. The minimum absolute atomic E-state index is 0.00879. The summed E-state index contributed by atoms with van der Waals surface area (Å²) in [4.78, 5) is 10.6. The van der Waals surface area contributed by atoms with Crippen LogP contribution < -0.4 is 4.74 Å². The number of benzene rings is 2. The zero-order valence-electron chi connectivity index (χ0n) is 14.6. The number of fused-ring (bicyclic) bond motifs is 1. The highest BCUT2D eigenvalue weighted by atomic mass is 35.5. The second kappa shape index (κ2) is 7.44. The molecule has 4 rings (SSSR count). The molecule has 2 heterocycles. The molecule has 5 heteroatoms. The lowest BCUT2D eigenvalue weighted by molar-refractivity contribution is 0.182. The number of hydrogen-bond donors (Lipinski definition) is 0. The Morgan fingerprint density at radius 3 is 2.73 bits per heavy atom. The predicted molar refractivity (Wildman–Crippen MR) is 103 cm³/mol. The highest BCUT2D eigenvalue weighted by Crippen LogP contribution is 2.33. The number of rotatable bonds is 3. The van der Waals surface area contributed by atoms with Crippen molar-refractivity contribution in [2.75, 3.05) is 13.6 Å². The molecule has 1 aromatic heterocycles. The van der Waals surface area contributed by atoms with Gasteiger partial charge >= 0.3 is 0 Å². The van der Waals surface area contributed by atoms with Crippen LogP contribution >= 0.6 is 11.6 Å². The highest BCUT2D eigenvalue weighted by Gasteiger charge is 2.23. The van der Waals surface area contributed by atoms with Crippen molar-refractivity contribution >= 4 is 11.6 Å². The first-order valence-electron chi connectivity index (χ1n) is 8.68. The molecule has 132 valence electrons. The van der Waals surface area contributed by atoms with Gasteiger partial charge in [0.1, 0.15) is 18.2 Å². The predicted octanol–water partition coefficient (Wildman–Crippen LogP) is 4.75. The van der Waals surface area contributed by atoms with Crippen LogP contribution in [0, 0.1) is 0 Å². The fraction of sp³-hybridized carbons (Fsp3) is 0.238. The Labute approximate surface area is 158 Å². The van der Waals surface area contributed by atoms with E-state index in [0.29, 0.717) is 5.02 Å². The number of halogens is 1. The molecule has 0 saturated carbocycles. The van der Waals surface area contributed by atoms with Crippen molar-refractivity contribution in [3.05, 3.63) is 77.3 Å². The maximum absolute atomic E-state index is 6.30. The van der Waals surface area contributed by atoms with E-state index < -0.39 is 0 Å². The fourth-order valence-electron chi connectivity index (χ4n) is 3.37. The largest absolute Gasteiger partial charge is 0.486 e. The lowest BCUT2D eigenvalue weighted by Gasteiger charge is -2.20. The van der Waals surface area contributed by atoms with Crippen molar-refractivity contribution in [1.82, 2.24) is 14.9 Å². The van der Waals surface area contributed by atoms with Crippen LogP contribution in [0.5, 0.6) is 5.75 Å². The second-order valence-electron chi connectivity index (χ2n) is 6.63. The molecule has 4 nitrogen and oxygen atoms in total. The summed E-state index contributed by atoms with van der Waals surface area (Å²) in [7, 11) is 2.14. The molecule has 1 aliphatic rings. The van der Waals surface area contributed by atoms with Gasteiger partial charge in [-0.1, -0.05) is 29.8 Å². The first-order valence-corrected chi connectivity index (χ1v) is 9.06. The van der Waals surface area contributed by atoms with E-state index in [2.05, 4.69) is 40.1 Å². The topological polar surface area (TPSA) is 38.2 Å². The average molecular weight is 366 g/mol. The standard InChI is InChI=1S/C21H20ClN3O/c1-25-8-7-21(26-19-4-2-3-18(22)10-19)20-6-5-15(9-16(20)13-25)17-11-23-14-24-12-17/h2-6,9-12,14,21H,7-8,13H2,1H3. The van der Waals surface area contributed by atoms with Gasteiger partial charge in [0.2, 0.25) is 0 Å². The molecule has 0 amide bonds. The summed E-state index contributed by atoms with van der Waals surface area (Å²) in [5, 5.41) is 0.688. The molecule has 0 saturated heterocycles. The normalized spacial score (nSPS) is 17.4. The van der Waals surface area contributed by atoms with Gasteiger partial charge in [-0.15, -0.1) is 0 Å².